The summed E-state index contributed by atoms with van der Waals surface area (Å²) in [7, 11) is 0. The lowest BCUT2D eigenvalue weighted by atomic mass is 10.4. The van der Waals surface area contributed by atoms with Crippen LogP contribution < -0.4 is 0 Å². The average Bonchev–Trinajstić information content (AvgIpc) is 2.03. The van der Waals surface area contributed by atoms with Crippen LogP contribution in [-0.4, -0.2) is 5.75 Å². The van der Waals surface area contributed by atoms with Gasteiger partial charge in [-0.25, -0.2) is 0 Å². The van der Waals surface area contributed by atoms with E-state index in [0.717, 1.165) is 5.75 Å². The molecule has 53 valence electrons. The minimum Gasteiger partial charge on any atom is -0.126 e. The maximum atomic E-state index is 2.16. The molecule has 0 spiro atoms. The molecule has 0 bridgehead atoms. The Kier molecular flexibility index (Phi) is 3.37. The Morgan fingerprint density at radius 2 is 2.00 bits per heavy atom. The third kappa shape index (κ3) is 2.44. The molecule has 0 heterocycles. The van der Waals surface area contributed by atoms with Crippen molar-refractivity contribution < 1.29 is 0 Å². The second-order valence-electron chi connectivity index (χ2n) is 2.03. The molecule has 1 rings (SSSR count). The molecule has 1 aromatic rings. The van der Waals surface area contributed by atoms with Gasteiger partial charge in [-0.2, -0.15) is 0 Å². The summed E-state index contributed by atoms with van der Waals surface area (Å²) in [6.07, 6.45) is 2.16. The van der Waals surface area contributed by atoms with Gasteiger partial charge in [-0.1, -0.05) is 25.1 Å². The van der Waals surface area contributed by atoms with Gasteiger partial charge in [0.1, 0.15) is 0 Å². The second kappa shape index (κ2) is 4.40. The molecule has 0 fully saturated rings. The monoisotopic (exact) mass is 151 g/mol. The number of benzene rings is 1. The molecule has 0 saturated carbocycles. The first kappa shape index (κ1) is 7.67. The first-order valence-corrected chi connectivity index (χ1v) is 4.37. The summed E-state index contributed by atoms with van der Waals surface area (Å²) in [6, 6.07) is 10.4. The van der Waals surface area contributed by atoms with Crippen molar-refractivity contribution in [2.24, 2.45) is 0 Å². The fourth-order valence-electron chi connectivity index (χ4n) is 0.696. The number of thioether (sulfide) groups is 1. The molecule has 0 aromatic heterocycles. The van der Waals surface area contributed by atoms with Gasteiger partial charge in [-0.3, -0.25) is 0 Å². The minimum absolute atomic E-state index is 1.10. The van der Waals surface area contributed by atoms with Crippen molar-refractivity contribution in [3.05, 3.63) is 36.8 Å². The molecular weight excluding hydrogens is 140 g/mol. The van der Waals surface area contributed by atoms with E-state index in [0.29, 0.717) is 0 Å². The maximum Gasteiger partial charge on any atom is 0.00720 e. The van der Waals surface area contributed by atoms with Crippen molar-refractivity contribution in [1.29, 1.82) is 0 Å². The molecule has 1 radical (unpaired) electrons. The molecule has 1 aromatic carbocycles. The molecule has 0 aliphatic rings. The molecular formula is C9H11S. The van der Waals surface area contributed by atoms with E-state index in [1.54, 1.807) is 0 Å². The summed E-state index contributed by atoms with van der Waals surface area (Å²) >= 11 is 1.86. The Morgan fingerprint density at radius 3 is 2.60 bits per heavy atom. The van der Waals surface area contributed by atoms with Gasteiger partial charge in [0, 0.05) is 10.6 Å². The molecule has 0 aliphatic heterocycles. The lowest BCUT2D eigenvalue weighted by Crippen LogP contribution is -1.74. The van der Waals surface area contributed by atoms with Gasteiger partial charge in [0.15, 0.2) is 0 Å². The van der Waals surface area contributed by atoms with Crippen LogP contribution in [0.4, 0.5) is 0 Å². The summed E-state index contributed by atoms with van der Waals surface area (Å²) in [5, 5.41) is 0. The Morgan fingerprint density at radius 1 is 1.30 bits per heavy atom. The number of rotatable bonds is 3. The largest absolute Gasteiger partial charge is 0.126 e. The van der Waals surface area contributed by atoms with Gasteiger partial charge >= 0.3 is 0 Å². The lowest BCUT2D eigenvalue weighted by molar-refractivity contribution is 1.40. The average molecular weight is 151 g/mol. The van der Waals surface area contributed by atoms with E-state index >= 15 is 0 Å². The molecule has 0 unspecified atom stereocenters. The van der Waals surface area contributed by atoms with E-state index in [1.807, 2.05) is 17.8 Å². The minimum atomic E-state index is 1.10. The normalized spacial score (nSPS) is 9.70. The van der Waals surface area contributed by atoms with Crippen LogP contribution >= 0.6 is 11.8 Å². The van der Waals surface area contributed by atoms with Crippen LogP contribution in [0.1, 0.15) is 6.92 Å². The summed E-state index contributed by atoms with van der Waals surface area (Å²) in [5.74, 6) is 1.10. The van der Waals surface area contributed by atoms with E-state index in [-0.39, 0.29) is 0 Å². The van der Waals surface area contributed by atoms with Crippen molar-refractivity contribution in [3.8, 4) is 0 Å². The fraction of sp³-hybridized carbons (Fsp3) is 0.222. The number of hydrogen-bond donors (Lipinski definition) is 0. The van der Waals surface area contributed by atoms with E-state index < -0.39 is 0 Å². The van der Waals surface area contributed by atoms with Crippen molar-refractivity contribution in [2.75, 3.05) is 5.75 Å². The zero-order valence-electron chi connectivity index (χ0n) is 6.08. The molecule has 0 saturated heterocycles. The van der Waals surface area contributed by atoms with Gasteiger partial charge < -0.3 is 0 Å². The van der Waals surface area contributed by atoms with Gasteiger partial charge in [0.2, 0.25) is 0 Å². The molecule has 0 nitrogen and oxygen atoms in total. The van der Waals surface area contributed by atoms with Crippen LogP contribution in [0.5, 0.6) is 0 Å². The molecule has 0 amide bonds. The van der Waals surface area contributed by atoms with Gasteiger partial charge in [0.05, 0.1) is 0 Å². The van der Waals surface area contributed by atoms with Crippen LogP contribution in [0.15, 0.2) is 35.2 Å². The van der Waals surface area contributed by atoms with Gasteiger partial charge in [-0.05, 0) is 18.6 Å². The Labute approximate surface area is 66.6 Å². The highest BCUT2D eigenvalue weighted by Crippen LogP contribution is 2.16. The van der Waals surface area contributed by atoms with E-state index in [9.17, 15) is 0 Å². The zero-order chi connectivity index (χ0) is 7.23. The SMILES string of the molecule is C[CH]CSc1ccccc1. The third-order valence-corrected chi connectivity index (χ3v) is 2.27. The standard InChI is InChI=1S/C9H11S/c1-2-8-10-9-6-4-3-5-7-9/h2-7H,8H2,1H3. The molecule has 10 heavy (non-hydrogen) atoms. The predicted molar refractivity (Wildman–Crippen MR) is 47.1 cm³/mol. The summed E-state index contributed by atoms with van der Waals surface area (Å²) in [4.78, 5) is 1.35. The highest BCUT2D eigenvalue weighted by atomic mass is 32.2. The summed E-state index contributed by atoms with van der Waals surface area (Å²) in [6.45, 7) is 2.08. The first-order chi connectivity index (χ1) is 4.93. The first-order valence-electron chi connectivity index (χ1n) is 3.39. The van der Waals surface area contributed by atoms with Crippen LogP contribution in [-0.2, 0) is 0 Å². The molecule has 0 aliphatic carbocycles. The third-order valence-electron chi connectivity index (χ3n) is 1.16. The Balaban J connectivity index is 2.43. The number of hydrogen-bond acceptors (Lipinski definition) is 1. The van der Waals surface area contributed by atoms with Gasteiger partial charge in [-0.15, -0.1) is 11.8 Å². The Hall–Kier alpha value is -0.430. The topological polar surface area (TPSA) is 0 Å². The Bertz CT molecular complexity index is 169. The molecule has 1 heteroatoms. The quantitative estimate of drug-likeness (QED) is 0.598. The lowest BCUT2D eigenvalue weighted by Gasteiger charge is -1.96. The fourth-order valence-corrected chi connectivity index (χ4v) is 1.40. The highest BCUT2D eigenvalue weighted by Gasteiger charge is 1.87. The summed E-state index contributed by atoms with van der Waals surface area (Å²) in [5.41, 5.74) is 0. The second-order valence-corrected chi connectivity index (χ2v) is 3.13. The molecule has 0 atom stereocenters. The van der Waals surface area contributed by atoms with Crippen molar-refractivity contribution in [3.63, 3.8) is 0 Å². The van der Waals surface area contributed by atoms with Crippen molar-refractivity contribution in [2.45, 2.75) is 11.8 Å². The van der Waals surface area contributed by atoms with Crippen LogP contribution in [0.2, 0.25) is 0 Å². The predicted octanol–water partition coefficient (Wildman–Crippen LogP) is 3.00. The van der Waals surface area contributed by atoms with E-state index in [4.69, 9.17) is 0 Å². The van der Waals surface area contributed by atoms with Crippen LogP contribution in [0.3, 0.4) is 0 Å². The van der Waals surface area contributed by atoms with Crippen LogP contribution in [0.25, 0.3) is 0 Å². The smallest absolute Gasteiger partial charge is 0.00720 e. The van der Waals surface area contributed by atoms with E-state index in [2.05, 4.69) is 37.6 Å². The van der Waals surface area contributed by atoms with Crippen molar-refractivity contribution in [1.82, 2.24) is 0 Å². The van der Waals surface area contributed by atoms with E-state index in [1.165, 1.54) is 4.90 Å². The zero-order valence-corrected chi connectivity index (χ0v) is 6.90. The molecule has 0 N–H and O–H groups in total. The van der Waals surface area contributed by atoms with Crippen molar-refractivity contribution >= 4 is 11.8 Å². The maximum absolute atomic E-state index is 2.16. The van der Waals surface area contributed by atoms with Crippen LogP contribution in [0, 0.1) is 6.42 Å². The summed E-state index contributed by atoms with van der Waals surface area (Å²) < 4.78 is 0. The highest BCUT2D eigenvalue weighted by molar-refractivity contribution is 7.99. The van der Waals surface area contributed by atoms with Gasteiger partial charge in [0.25, 0.3) is 0 Å².